The van der Waals surface area contributed by atoms with Gasteiger partial charge in [0.25, 0.3) is 0 Å². The number of likely N-dealkylation sites (tertiary alicyclic amines) is 4. The number of hydrogen-bond donors (Lipinski definition) is 1. The number of nitrogens with zero attached hydrogens (tertiary/aromatic N) is 4. The fraction of sp³-hybridized carbons (Fsp3) is 0.557. The Labute approximate surface area is 457 Å². The van der Waals surface area contributed by atoms with Crippen LogP contribution in [0, 0.1) is 35.1 Å². The molecule has 11 nitrogen and oxygen atoms in total. The van der Waals surface area contributed by atoms with Gasteiger partial charge >= 0.3 is 12.1 Å². The third-order valence-electron chi connectivity index (χ3n) is 17.9. The first kappa shape index (κ1) is 56.7. The first-order chi connectivity index (χ1) is 35.8. The summed E-state index contributed by atoms with van der Waals surface area (Å²) in [6.45, 7) is 22.9. The van der Waals surface area contributed by atoms with Crippen molar-refractivity contribution in [3.8, 4) is 0 Å². The van der Waals surface area contributed by atoms with Crippen molar-refractivity contribution in [1.82, 2.24) is 19.6 Å². The molecule has 6 heterocycles. The summed E-state index contributed by atoms with van der Waals surface area (Å²) < 4.78 is 72.7. The molecule has 0 aromatic heterocycles. The number of carboxylic acids is 1. The highest BCUT2D eigenvalue weighted by atomic mass is 35.5. The number of hydrogen-bond acceptors (Lipinski definition) is 8. The van der Waals surface area contributed by atoms with E-state index in [-0.39, 0.29) is 75.9 Å². The van der Waals surface area contributed by atoms with Crippen LogP contribution in [0.5, 0.6) is 0 Å². The van der Waals surface area contributed by atoms with Gasteiger partial charge in [-0.05, 0) is 134 Å². The quantitative estimate of drug-likeness (QED) is 0.157. The predicted molar refractivity (Wildman–Crippen MR) is 287 cm³/mol. The highest BCUT2D eigenvalue weighted by Gasteiger charge is 2.65. The van der Waals surface area contributed by atoms with E-state index in [0.29, 0.717) is 57.0 Å². The third kappa shape index (κ3) is 10.9. The number of piperidine rings is 2. The summed E-state index contributed by atoms with van der Waals surface area (Å²) in [4.78, 5) is 45.6. The third-order valence-corrected chi connectivity index (χ3v) is 17.9. The lowest BCUT2D eigenvalue weighted by atomic mass is 9.72. The molecule has 6 fully saturated rings. The van der Waals surface area contributed by atoms with Gasteiger partial charge in [0.15, 0.2) is 0 Å². The normalized spacial score (nSPS) is 27.5. The summed E-state index contributed by atoms with van der Waals surface area (Å²) in [5.74, 6) is -5.06. The van der Waals surface area contributed by atoms with Crippen molar-refractivity contribution in [1.29, 1.82) is 0 Å². The van der Waals surface area contributed by atoms with Crippen LogP contribution in [0.4, 0.5) is 22.4 Å². The van der Waals surface area contributed by atoms with Crippen molar-refractivity contribution in [3.63, 3.8) is 0 Å². The Morgan fingerprint density at radius 3 is 1.36 bits per heavy atom. The summed E-state index contributed by atoms with van der Waals surface area (Å²) >= 11 is 0. The molecule has 2 unspecified atom stereocenters. The molecular formula is C61H75ClF4N4O7. The van der Waals surface area contributed by atoms with Crippen molar-refractivity contribution >= 4 is 30.4 Å². The number of amides is 2. The van der Waals surface area contributed by atoms with Crippen LogP contribution in [0.2, 0.25) is 0 Å². The molecule has 16 heteroatoms. The average Bonchev–Trinajstić information content (AvgIpc) is 4.38. The van der Waals surface area contributed by atoms with Crippen LogP contribution in [0.15, 0.2) is 84.9 Å². The second-order valence-corrected chi connectivity index (χ2v) is 25.5. The molecule has 12 rings (SSSR count). The number of carbonyl (C=O) groups is 3. The summed E-state index contributed by atoms with van der Waals surface area (Å²) in [5, 5.41) is 9.35. The van der Waals surface area contributed by atoms with Crippen molar-refractivity contribution in [2.24, 2.45) is 11.8 Å². The topological polar surface area (TPSA) is 119 Å². The molecule has 2 aliphatic carbocycles. The lowest BCUT2D eigenvalue weighted by Gasteiger charge is -2.41. The molecule has 0 radical (unpaired) electrons. The zero-order valence-electron chi connectivity index (χ0n) is 45.8. The van der Waals surface area contributed by atoms with Gasteiger partial charge in [-0.25, -0.2) is 22.4 Å². The van der Waals surface area contributed by atoms with Gasteiger partial charge in [-0.3, -0.25) is 19.4 Å². The van der Waals surface area contributed by atoms with E-state index in [1.165, 1.54) is 46.5 Å². The summed E-state index contributed by atoms with van der Waals surface area (Å²) in [6.07, 6.45) is 4.60. The summed E-state index contributed by atoms with van der Waals surface area (Å²) in [5.41, 5.74) is 5.61. The maximum atomic E-state index is 14.8. The van der Waals surface area contributed by atoms with Crippen LogP contribution in [0.1, 0.15) is 145 Å². The first-order valence-electron chi connectivity index (χ1n) is 27.2. The maximum Gasteiger partial charge on any atom is 0.410 e. The highest BCUT2D eigenvalue weighted by molar-refractivity contribution is 5.85. The molecule has 6 aliphatic heterocycles. The highest BCUT2D eigenvalue weighted by Crippen LogP contribution is 2.64. The molecule has 77 heavy (non-hydrogen) atoms. The minimum atomic E-state index is -0.939. The van der Waals surface area contributed by atoms with Crippen molar-refractivity contribution in [2.45, 2.75) is 152 Å². The number of halogens is 5. The van der Waals surface area contributed by atoms with E-state index in [0.717, 1.165) is 50.9 Å². The number of rotatable bonds is 4. The van der Waals surface area contributed by atoms with Crippen LogP contribution in [-0.4, -0.2) is 124 Å². The van der Waals surface area contributed by atoms with Gasteiger partial charge in [0, 0.05) is 98.2 Å². The number of benzene rings is 4. The Hall–Kier alpha value is -5.06. The molecule has 0 saturated carbocycles. The number of epoxide rings is 2. The zero-order valence-corrected chi connectivity index (χ0v) is 46.6. The Morgan fingerprint density at radius 2 is 0.961 bits per heavy atom. The predicted octanol–water partition coefficient (Wildman–Crippen LogP) is 11.5. The largest absolute Gasteiger partial charge is 0.481 e. The van der Waals surface area contributed by atoms with E-state index in [2.05, 4.69) is 74.2 Å². The van der Waals surface area contributed by atoms with E-state index >= 15 is 0 Å². The van der Waals surface area contributed by atoms with Crippen molar-refractivity contribution in [2.75, 3.05) is 52.4 Å². The number of ether oxygens (including phenoxy) is 3. The molecule has 4 aromatic carbocycles. The Kier molecular flexibility index (Phi) is 15.4. The van der Waals surface area contributed by atoms with Gasteiger partial charge < -0.3 is 29.1 Å². The molecule has 416 valence electrons. The first-order valence-corrected chi connectivity index (χ1v) is 27.2. The Balaban J connectivity index is 0.000000147. The molecule has 4 aromatic rings. The lowest BCUT2D eigenvalue weighted by Crippen LogP contribution is -2.49. The second-order valence-electron chi connectivity index (χ2n) is 25.5. The Bertz CT molecular complexity index is 2870. The van der Waals surface area contributed by atoms with Gasteiger partial charge in [0.05, 0.1) is 24.0 Å². The second kappa shape index (κ2) is 20.9. The zero-order chi connectivity index (χ0) is 54.4. The van der Waals surface area contributed by atoms with Gasteiger partial charge in [-0.2, -0.15) is 0 Å². The van der Waals surface area contributed by atoms with Crippen LogP contribution in [0.25, 0.3) is 0 Å². The SMILES string of the molecule is CC(C)(C)N1CC(C(=O)N2CCC3(CC2)c2ccccc2[C@@H]2O[C@@H]23)[C@H](c2ccc(F)cc2F)C1.CC(C)(C)N1CC(C(=O)O)[C@H](c2ccc(F)cc2F)C1.CC(C)(C)OC(=O)N1CCC2(CC1)c1ccccc1[C@@H]1O[C@@H]12.Cl. The Morgan fingerprint density at radius 1 is 0.558 bits per heavy atom. The average molecular weight is 1090 g/mol. The molecule has 8 atom stereocenters. The maximum absolute atomic E-state index is 14.8. The van der Waals surface area contributed by atoms with E-state index in [1.54, 1.807) is 0 Å². The van der Waals surface area contributed by atoms with E-state index < -0.39 is 46.7 Å². The molecule has 2 amide bonds. The van der Waals surface area contributed by atoms with Crippen LogP contribution in [0.3, 0.4) is 0 Å². The standard InChI is InChI=1S/C28H32F2N2O2.C18H23NO3.C15H19F2NO2.ClH/c1-27(2,3)32-15-20(18-9-8-17(29)14-23(18)30)21(16-32)26(33)31-12-10-28(11-13-31)22-7-5-4-6-19(22)24-25(28)34-24;1-17(2,3)22-16(20)19-10-8-18(9-11-19)13-7-5-4-6-12(13)14-15(18)21-14;1-15(2,3)18-7-11(12(8-18)14(19)20)10-5-4-9(16)6-13(10)17;/h4-9,14,20-21,24-25H,10-13,15-16H2,1-3H3;4-7,14-15H,8-11H2,1-3H3;4-6,11-12H,7-8H2,1-3H3,(H,19,20);1H/t20-,21?,24-,25-;14-,15-;11-,12?;/m000./s1. The van der Waals surface area contributed by atoms with Gasteiger partial charge in [0.2, 0.25) is 5.91 Å². The van der Waals surface area contributed by atoms with Crippen molar-refractivity contribution in [3.05, 3.63) is 142 Å². The van der Waals surface area contributed by atoms with Crippen LogP contribution < -0.4 is 0 Å². The molecule has 8 aliphatic rings. The molecular weight excluding hydrogens is 1010 g/mol. The van der Waals surface area contributed by atoms with Gasteiger partial charge in [-0.15, -0.1) is 12.4 Å². The number of fused-ring (bicyclic) bond motifs is 10. The van der Waals surface area contributed by atoms with Gasteiger partial charge in [-0.1, -0.05) is 60.7 Å². The summed E-state index contributed by atoms with van der Waals surface area (Å²) in [6, 6.07) is 24.3. The minimum Gasteiger partial charge on any atom is -0.481 e. The minimum absolute atomic E-state index is 0. The van der Waals surface area contributed by atoms with E-state index in [4.69, 9.17) is 14.2 Å². The monoisotopic (exact) mass is 1090 g/mol. The molecule has 6 saturated heterocycles. The van der Waals surface area contributed by atoms with Gasteiger partial charge in [0.1, 0.15) is 41.1 Å². The number of aliphatic carboxylic acids is 1. The van der Waals surface area contributed by atoms with Crippen LogP contribution >= 0.6 is 12.4 Å². The van der Waals surface area contributed by atoms with Crippen LogP contribution in [-0.2, 0) is 34.6 Å². The summed E-state index contributed by atoms with van der Waals surface area (Å²) in [7, 11) is 0. The molecule has 0 bridgehead atoms. The fourth-order valence-electron chi connectivity index (χ4n) is 13.6. The van der Waals surface area contributed by atoms with Crippen molar-refractivity contribution < 1.29 is 51.3 Å². The number of carboxylic acid groups (broad SMARTS) is 1. The van der Waals surface area contributed by atoms with E-state index in [9.17, 15) is 37.1 Å². The molecule has 1 N–H and O–H groups in total. The fourth-order valence-corrected chi connectivity index (χ4v) is 13.6. The van der Waals surface area contributed by atoms with E-state index in [1.807, 2.05) is 56.2 Å². The number of carbonyl (C=O) groups excluding carboxylic acids is 2. The lowest BCUT2D eigenvalue weighted by molar-refractivity contribution is -0.142. The smallest absolute Gasteiger partial charge is 0.410 e. The molecule has 2 spiro atoms.